The summed E-state index contributed by atoms with van der Waals surface area (Å²) in [7, 11) is 0. The van der Waals surface area contributed by atoms with E-state index in [-0.39, 0.29) is 18.2 Å². The Morgan fingerprint density at radius 1 is 1.39 bits per heavy atom. The van der Waals surface area contributed by atoms with Gasteiger partial charge in [-0.1, -0.05) is 13.8 Å². The summed E-state index contributed by atoms with van der Waals surface area (Å²) in [5.41, 5.74) is 5.04. The lowest BCUT2D eigenvalue weighted by Crippen LogP contribution is -2.31. The van der Waals surface area contributed by atoms with Crippen LogP contribution in [0.15, 0.2) is 18.2 Å². The Balaban J connectivity index is 2.43. The van der Waals surface area contributed by atoms with Crippen molar-refractivity contribution in [2.24, 2.45) is 11.1 Å². The van der Waals surface area contributed by atoms with E-state index in [1.165, 1.54) is 0 Å². The molecule has 1 rings (SSSR count). The zero-order valence-corrected chi connectivity index (χ0v) is 10.6. The molecule has 18 heavy (non-hydrogen) atoms. The summed E-state index contributed by atoms with van der Waals surface area (Å²) in [5.74, 6) is -1.09. The van der Waals surface area contributed by atoms with Crippen LogP contribution in [-0.4, -0.2) is 12.4 Å². The predicted molar refractivity (Wildman–Crippen MR) is 66.8 cm³/mol. The summed E-state index contributed by atoms with van der Waals surface area (Å²) in [4.78, 5) is 0. The molecule has 1 aromatic carbocycles. The molecule has 0 unspecified atom stereocenters. The lowest BCUT2D eigenvalue weighted by molar-refractivity contribution is 0.274. The van der Waals surface area contributed by atoms with Crippen molar-refractivity contribution in [3.8, 4) is 5.75 Å². The average molecular weight is 256 g/mol. The van der Waals surface area contributed by atoms with Crippen molar-refractivity contribution < 1.29 is 13.5 Å². The molecule has 0 radical (unpaired) electrons. The molecular formula is C13H18F2N2O. The van der Waals surface area contributed by atoms with Gasteiger partial charge in [0.2, 0.25) is 0 Å². The van der Waals surface area contributed by atoms with Gasteiger partial charge >= 0.3 is 0 Å². The third-order valence-electron chi connectivity index (χ3n) is 2.83. The smallest absolute Gasteiger partial charge is 0.165 e. The minimum Gasteiger partial charge on any atom is -0.490 e. The SMILES string of the molecule is CC(C)(CCCOc1cc(F)ccc1F)C(=N)N. The summed E-state index contributed by atoms with van der Waals surface area (Å²) in [5, 5.41) is 7.39. The Bertz CT molecular complexity index is 433. The Morgan fingerprint density at radius 2 is 2.06 bits per heavy atom. The Kier molecular flexibility index (Phi) is 4.64. The maximum Gasteiger partial charge on any atom is 0.165 e. The molecule has 0 aliphatic carbocycles. The molecule has 0 bridgehead atoms. The second-order valence-electron chi connectivity index (χ2n) is 4.82. The number of amidine groups is 1. The first-order valence-electron chi connectivity index (χ1n) is 5.75. The van der Waals surface area contributed by atoms with Crippen molar-refractivity contribution in [1.82, 2.24) is 0 Å². The second kappa shape index (κ2) is 5.80. The number of hydrogen-bond donors (Lipinski definition) is 2. The van der Waals surface area contributed by atoms with Crippen molar-refractivity contribution in [3.05, 3.63) is 29.8 Å². The molecule has 0 aliphatic rings. The first kappa shape index (κ1) is 14.4. The number of benzene rings is 1. The molecule has 0 heterocycles. The lowest BCUT2D eigenvalue weighted by atomic mass is 9.87. The van der Waals surface area contributed by atoms with E-state index in [4.69, 9.17) is 15.9 Å². The van der Waals surface area contributed by atoms with E-state index >= 15 is 0 Å². The van der Waals surface area contributed by atoms with Gasteiger partial charge in [0.15, 0.2) is 11.6 Å². The Hall–Kier alpha value is -1.65. The van der Waals surface area contributed by atoms with E-state index in [9.17, 15) is 8.78 Å². The summed E-state index contributed by atoms with van der Waals surface area (Å²) in [6.07, 6.45) is 1.27. The molecule has 0 amide bonds. The summed E-state index contributed by atoms with van der Waals surface area (Å²) in [6, 6.07) is 3.09. The van der Waals surface area contributed by atoms with E-state index in [0.29, 0.717) is 12.8 Å². The van der Waals surface area contributed by atoms with Crippen LogP contribution in [0.1, 0.15) is 26.7 Å². The van der Waals surface area contributed by atoms with Gasteiger partial charge in [-0.05, 0) is 25.0 Å². The van der Waals surface area contributed by atoms with Crippen LogP contribution < -0.4 is 10.5 Å². The maximum absolute atomic E-state index is 13.2. The molecule has 0 fully saturated rings. The number of ether oxygens (including phenoxy) is 1. The lowest BCUT2D eigenvalue weighted by Gasteiger charge is -2.22. The zero-order valence-electron chi connectivity index (χ0n) is 10.6. The fraction of sp³-hybridized carbons (Fsp3) is 0.462. The number of rotatable bonds is 6. The van der Waals surface area contributed by atoms with Gasteiger partial charge in [-0.2, -0.15) is 0 Å². The molecule has 0 saturated carbocycles. The summed E-state index contributed by atoms with van der Waals surface area (Å²) in [6.45, 7) is 3.98. The number of nitrogens with one attached hydrogen (secondary N) is 1. The number of hydrogen-bond acceptors (Lipinski definition) is 2. The van der Waals surface area contributed by atoms with Gasteiger partial charge < -0.3 is 10.5 Å². The van der Waals surface area contributed by atoms with Gasteiger partial charge in [0.25, 0.3) is 0 Å². The van der Waals surface area contributed by atoms with Crippen molar-refractivity contribution in [2.45, 2.75) is 26.7 Å². The van der Waals surface area contributed by atoms with E-state index in [2.05, 4.69) is 0 Å². The first-order valence-corrected chi connectivity index (χ1v) is 5.75. The van der Waals surface area contributed by atoms with E-state index in [1.54, 1.807) is 0 Å². The quantitative estimate of drug-likeness (QED) is 0.467. The van der Waals surface area contributed by atoms with E-state index in [1.807, 2.05) is 13.8 Å². The van der Waals surface area contributed by atoms with Gasteiger partial charge in [0, 0.05) is 11.5 Å². The summed E-state index contributed by atoms with van der Waals surface area (Å²) >= 11 is 0. The molecule has 1 aromatic rings. The fourth-order valence-electron chi connectivity index (χ4n) is 1.42. The van der Waals surface area contributed by atoms with E-state index < -0.39 is 17.0 Å². The third kappa shape index (κ3) is 3.98. The van der Waals surface area contributed by atoms with Gasteiger partial charge in [-0.25, -0.2) is 8.78 Å². The standard InChI is InChI=1S/C13H18F2N2O/c1-13(2,12(16)17)6-3-7-18-11-8-9(14)4-5-10(11)15/h4-5,8H,3,6-7H2,1-2H3,(H3,16,17). The minimum atomic E-state index is -0.581. The molecule has 0 aliphatic heterocycles. The fourth-order valence-corrected chi connectivity index (χ4v) is 1.42. The molecule has 0 spiro atoms. The molecule has 3 N–H and O–H groups in total. The summed E-state index contributed by atoms with van der Waals surface area (Å²) < 4.78 is 31.2. The highest BCUT2D eigenvalue weighted by atomic mass is 19.1. The highest BCUT2D eigenvalue weighted by Crippen LogP contribution is 2.23. The van der Waals surface area contributed by atoms with Crippen LogP contribution in [0.25, 0.3) is 0 Å². The molecular weight excluding hydrogens is 238 g/mol. The van der Waals surface area contributed by atoms with Gasteiger partial charge in [0.1, 0.15) is 5.82 Å². The first-order chi connectivity index (χ1) is 8.33. The maximum atomic E-state index is 13.2. The average Bonchev–Trinajstić information content (AvgIpc) is 2.28. The monoisotopic (exact) mass is 256 g/mol. The van der Waals surface area contributed by atoms with E-state index in [0.717, 1.165) is 18.2 Å². The molecule has 0 saturated heterocycles. The topological polar surface area (TPSA) is 59.1 Å². The largest absolute Gasteiger partial charge is 0.490 e. The van der Waals surface area contributed by atoms with Crippen LogP contribution in [0.3, 0.4) is 0 Å². The van der Waals surface area contributed by atoms with Crippen molar-refractivity contribution >= 4 is 5.84 Å². The zero-order chi connectivity index (χ0) is 13.8. The number of nitrogens with two attached hydrogens (primary N) is 1. The Labute approximate surface area is 105 Å². The van der Waals surface area contributed by atoms with Gasteiger partial charge in [-0.15, -0.1) is 0 Å². The Morgan fingerprint density at radius 3 is 2.67 bits per heavy atom. The normalized spacial score (nSPS) is 11.3. The minimum absolute atomic E-state index is 0.0874. The highest BCUT2D eigenvalue weighted by Gasteiger charge is 2.20. The van der Waals surface area contributed by atoms with Crippen LogP contribution >= 0.6 is 0 Å². The molecule has 3 nitrogen and oxygen atoms in total. The number of halogens is 2. The third-order valence-corrected chi connectivity index (χ3v) is 2.83. The van der Waals surface area contributed by atoms with Crippen LogP contribution in [-0.2, 0) is 0 Å². The van der Waals surface area contributed by atoms with Gasteiger partial charge in [-0.3, -0.25) is 5.41 Å². The molecule has 0 aromatic heterocycles. The van der Waals surface area contributed by atoms with Crippen molar-refractivity contribution in [2.75, 3.05) is 6.61 Å². The highest BCUT2D eigenvalue weighted by molar-refractivity contribution is 5.82. The van der Waals surface area contributed by atoms with Crippen LogP contribution in [0.2, 0.25) is 0 Å². The van der Waals surface area contributed by atoms with Crippen LogP contribution in [0.4, 0.5) is 8.78 Å². The molecule has 5 heteroatoms. The molecule has 100 valence electrons. The molecule has 0 atom stereocenters. The van der Waals surface area contributed by atoms with Crippen molar-refractivity contribution in [3.63, 3.8) is 0 Å². The van der Waals surface area contributed by atoms with Crippen LogP contribution in [0.5, 0.6) is 5.75 Å². The van der Waals surface area contributed by atoms with Gasteiger partial charge in [0.05, 0.1) is 12.4 Å². The van der Waals surface area contributed by atoms with Crippen LogP contribution in [0, 0.1) is 22.5 Å². The second-order valence-corrected chi connectivity index (χ2v) is 4.82. The predicted octanol–water partition coefficient (Wildman–Crippen LogP) is 3.09. The van der Waals surface area contributed by atoms with Crippen molar-refractivity contribution in [1.29, 1.82) is 5.41 Å².